The Morgan fingerprint density at radius 1 is 1.23 bits per heavy atom. The normalized spacial score (nSPS) is 12.2. The Labute approximate surface area is 154 Å². The van der Waals surface area contributed by atoms with Crippen LogP contribution in [-0.4, -0.2) is 27.2 Å². The summed E-state index contributed by atoms with van der Waals surface area (Å²) in [4.78, 5) is 8.85. The summed E-state index contributed by atoms with van der Waals surface area (Å²) in [6.07, 6.45) is -1.12. The van der Waals surface area contributed by atoms with Crippen molar-refractivity contribution in [2.45, 2.75) is 17.2 Å². The van der Waals surface area contributed by atoms with E-state index < -0.39 is 6.36 Å². The number of ether oxygens (including phenoxy) is 1. The maximum atomic E-state index is 12.4. The van der Waals surface area contributed by atoms with Crippen molar-refractivity contribution in [3.63, 3.8) is 0 Å². The van der Waals surface area contributed by atoms with Gasteiger partial charge in [0.1, 0.15) is 5.75 Å². The molecule has 2 heterocycles. The van der Waals surface area contributed by atoms with Crippen molar-refractivity contribution in [1.82, 2.24) is 14.5 Å². The first-order valence-corrected chi connectivity index (χ1v) is 9.60. The Bertz CT molecular complexity index is 1090. The van der Waals surface area contributed by atoms with Crippen molar-refractivity contribution in [2.75, 3.05) is 6.26 Å². The van der Waals surface area contributed by atoms with Crippen LogP contribution in [0.4, 0.5) is 13.2 Å². The average Bonchev–Trinajstić information content (AvgIpc) is 3.17. The molecule has 4 nitrogen and oxygen atoms in total. The van der Waals surface area contributed by atoms with Gasteiger partial charge < -0.3 is 9.30 Å². The van der Waals surface area contributed by atoms with Gasteiger partial charge in [0.2, 0.25) is 0 Å². The molecule has 0 N–H and O–H groups in total. The van der Waals surface area contributed by atoms with Crippen LogP contribution in [0.5, 0.6) is 5.75 Å². The molecule has 4 aromatic rings. The quantitative estimate of drug-likeness (QED) is 0.439. The van der Waals surface area contributed by atoms with Crippen molar-refractivity contribution >= 4 is 44.3 Å². The van der Waals surface area contributed by atoms with E-state index in [1.54, 1.807) is 35.5 Å². The number of halogens is 3. The van der Waals surface area contributed by atoms with Gasteiger partial charge in [-0.05, 0) is 30.0 Å². The standard InChI is InChI=1S/C17H12F3N3OS2/c1-25-16-22-15-10(3-2-4-14(15)26-16)8-23-9-21-12-7-11(5-6-13(12)23)24-17(18,19)20/h2-7,9H,8H2,1H3. The van der Waals surface area contributed by atoms with Gasteiger partial charge >= 0.3 is 6.36 Å². The zero-order valence-corrected chi connectivity index (χ0v) is 15.1. The molecule has 0 aliphatic heterocycles. The van der Waals surface area contributed by atoms with E-state index in [1.807, 2.05) is 29.0 Å². The Balaban J connectivity index is 1.69. The summed E-state index contributed by atoms with van der Waals surface area (Å²) < 4.78 is 45.0. The van der Waals surface area contributed by atoms with E-state index in [0.29, 0.717) is 12.1 Å². The number of para-hydroxylation sites is 1. The predicted molar refractivity (Wildman–Crippen MR) is 96.9 cm³/mol. The molecule has 9 heteroatoms. The highest BCUT2D eigenvalue weighted by molar-refractivity contribution is 8.00. The average molecular weight is 395 g/mol. The van der Waals surface area contributed by atoms with E-state index in [-0.39, 0.29) is 5.75 Å². The minimum atomic E-state index is -4.72. The van der Waals surface area contributed by atoms with Crippen LogP contribution in [0.1, 0.15) is 5.56 Å². The van der Waals surface area contributed by atoms with E-state index in [2.05, 4.69) is 14.7 Å². The third-order valence-corrected chi connectivity index (χ3v) is 5.83. The first-order valence-electron chi connectivity index (χ1n) is 7.56. The maximum Gasteiger partial charge on any atom is 0.573 e. The molecule has 2 aromatic carbocycles. The van der Waals surface area contributed by atoms with E-state index in [0.717, 1.165) is 25.6 Å². The van der Waals surface area contributed by atoms with Gasteiger partial charge in [0.25, 0.3) is 0 Å². The molecular formula is C17H12F3N3OS2. The third-order valence-electron chi connectivity index (χ3n) is 3.82. The summed E-state index contributed by atoms with van der Waals surface area (Å²) in [5.74, 6) is -0.276. The van der Waals surface area contributed by atoms with Gasteiger partial charge in [0.05, 0.1) is 34.1 Å². The fourth-order valence-electron chi connectivity index (χ4n) is 2.75. The van der Waals surface area contributed by atoms with Crippen LogP contribution in [0.15, 0.2) is 47.1 Å². The zero-order chi connectivity index (χ0) is 18.3. The summed E-state index contributed by atoms with van der Waals surface area (Å²) in [5, 5.41) is 0. The number of fused-ring (bicyclic) bond motifs is 2. The molecule has 26 heavy (non-hydrogen) atoms. The minimum absolute atomic E-state index is 0.276. The molecule has 4 rings (SSSR count). The minimum Gasteiger partial charge on any atom is -0.406 e. The molecule has 0 fully saturated rings. The van der Waals surface area contributed by atoms with Gasteiger partial charge in [-0.15, -0.1) is 24.5 Å². The van der Waals surface area contributed by atoms with Gasteiger partial charge in [-0.25, -0.2) is 9.97 Å². The lowest BCUT2D eigenvalue weighted by Crippen LogP contribution is -2.17. The first kappa shape index (κ1) is 17.2. The third kappa shape index (κ3) is 3.36. The highest BCUT2D eigenvalue weighted by atomic mass is 32.2. The van der Waals surface area contributed by atoms with Crippen molar-refractivity contribution in [3.8, 4) is 5.75 Å². The number of nitrogens with zero attached hydrogens (tertiary/aromatic N) is 3. The molecule has 0 aliphatic carbocycles. The molecule has 134 valence electrons. The molecular weight excluding hydrogens is 383 g/mol. The fourth-order valence-corrected chi connectivity index (χ4v) is 4.28. The first-order chi connectivity index (χ1) is 12.4. The number of aromatic nitrogens is 3. The molecule has 0 unspecified atom stereocenters. The second kappa shape index (κ2) is 6.48. The van der Waals surface area contributed by atoms with Gasteiger partial charge in [0.15, 0.2) is 4.34 Å². The molecule has 0 aliphatic rings. The van der Waals surface area contributed by atoms with Gasteiger partial charge in [-0.1, -0.05) is 23.9 Å². The van der Waals surface area contributed by atoms with Crippen LogP contribution < -0.4 is 4.74 Å². The van der Waals surface area contributed by atoms with Gasteiger partial charge in [0, 0.05) is 6.07 Å². The summed E-state index contributed by atoms with van der Waals surface area (Å²) in [6, 6.07) is 10.2. The summed E-state index contributed by atoms with van der Waals surface area (Å²) in [6.45, 7) is 0.533. The molecule has 0 bridgehead atoms. The van der Waals surface area contributed by atoms with E-state index in [4.69, 9.17) is 0 Å². The van der Waals surface area contributed by atoms with Gasteiger partial charge in [-0.3, -0.25) is 0 Å². The van der Waals surface area contributed by atoms with Crippen molar-refractivity contribution in [1.29, 1.82) is 0 Å². The number of imidazole rings is 1. The monoisotopic (exact) mass is 395 g/mol. The second-order valence-corrected chi connectivity index (χ2v) is 7.60. The number of hydrogen-bond acceptors (Lipinski definition) is 5. The smallest absolute Gasteiger partial charge is 0.406 e. The number of thioether (sulfide) groups is 1. The fraction of sp³-hybridized carbons (Fsp3) is 0.176. The Morgan fingerprint density at radius 2 is 2.08 bits per heavy atom. The highest BCUT2D eigenvalue weighted by Crippen LogP contribution is 2.31. The van der Waals surface area contributed by atoms with Gasteiger partial charge in [-0.2, -0.15) is 0 Å². The van der Waals surface area contributed by atoms with E-state index in [1.165, 1.54) is 12.1 Å². The van der Waals surface area contributed by atoms with Crippen LogP contribution >= 0.6 is 23.1 Å². The molecule has 2 aromatic heterocycles. The number of hydrogen-bond donors (Lipinski definition) is 0. The summed E-state index contributed by atoms with van der Waals surface area (Å²) in [5.41, 5.74) is 3.16. The molecule has 0 spiro atoms. The predicted octanol–water partition coefficient (Wildman–Crippen LogP) is 5.31. The largest absolute Gasteiger partial charge is 0.573 e. The maximum absolute atomic E-state index is 12.4. The highest BCUT2D eigenvalue weighted by Gasteiger charge is 2.31. The summed E-state index contributed by atoms with van der Waals surface area (Å²) >= 11 is 3.24. The number of benzene rings is 2. The second-order valence-electron chi connectivity index (χ2n) is 5.52. The molecule has 0 saturated carbocycles. The lowest BCUT2D eigenvalue weighted by molar-refractivity contribution is -0.274. The number of rotatable bonds is 4. The zero-order valence-electron chi connectivity index (χ0n) is 13.4. The summed E-state index contributed by atoms with van der Waals surface area (Å²) in [7, 11) is 0. The van der Waals surface area contributed by atoms with E-state index in [9.17, 15) is 13.2 Å². The van der Waals surface area contributed by atoms with Crippen molar-refractivity contribution in [2.24, 2.45) is 0 Å². The van der Waals surface area contributed by atoms with Crippen LogP contribution in [0.3, 0.4) is 0 Å². The lowest BCUT2D eigenvalue weighted by Gasteiger charge is -2.09. The Kier molecular flexibility index (Phi) is 4.28. The number of thiazole rings is 1. The number of alkyl halides is 3. The topological polar surface area (TPSA) is 39.9 Å². The van der Waals surface area contributed by atoms with Crippen LogP contribution in [-0.2, 0) is 6.54 Å². The Hall–Kier alpha value is -2.26. The molecule has 0 atom stereocenters. The van der Waals surface area contributed by atoms with Crippen molar-refractivity contribution < 1.29 is 17.9 Å². The molecule has 0 radical (unpaired) electrons. The van der Waals surface area contributed by atoms with Crippen LogP contribution in [0, 0.1) is 0 Å². The van der Waals surface area contributed by atoms with E-state index >= 15 is 0 Å². The van der Waals surface area contributed by atoms with Crippen molar-refractivity contribution in [3.05, 3.63) is 48.3 Å². The Morgan fingerprint density at radius 3 is 2.85 bits per heavy atom. The molecule has 0 saturated heterocycles. The SMILES string of the molecule is CSc1nc2c(Cn3cnc4cc(OC(F)(F)F)ccc43)cccc2s1. The lowest BCUT2D eigenvalue weighted by atomic mass is 10.2. The van der Waals surface area contributed by atoms with Crippen LogP contribution in [0.25, 0.3) is 21.3 Å². The molecule has 0 amide bonds. The van der Waals surface area contributed by atoms with Crippen LogP contribution in [0.2, 0.25) is 0 Å².